The summed E-state index contributed by atoms with van der Waals surface area (Å²) in [6, 6.07) is 0. The van der Waals surface area contributed by atoms with Crippen LogP contribution >= 0.6 is 0 Å². The number of morpholine rings is 1. The van der Waals surface area contributed by atoms with Crippen LogP contribution in [0.5, 0.6) is 0 Å². The first-order valence-electron chi connectivity index (χ1n) is 7.69. The van der Waals surface area contributed by atoms with Crippen molar-refractivity contribution in [2.24, 2.45) is 0 Å². The van der Waals surface area contributed by atoms with Crippen LogP contribution in [0, 0.1) is 13.8 Å². The molecule has 2 aromatic heterocycles. The second-order valence-corrected chi connectivity index (χ2v) is 5.57. The Kier molecular flexibility index (Phi) is 4.65. The summed E-state index contributed by atoms with van der Waals surface area (Å²) < 4.78 is 10.7. The third-order valence-corrected chi connectivity index (χ3v) is 3.67. The van der Waals surface area contributed by atoms with Gasteiger partial charge in [-0.2, -0.15) is 10.1 Å². The molecule has 0 spiro atoms. The van der Waals surface area contributed by atoms with Gasteiger partial charge in [-0.25, -0.2) is 4.98 Å². The van der Waals surface area contributed by atoms with Gasteiger partial charge in [0.25, 0.3) is 0 Å². The Morgan fingerprint density at radius 3 is 2.96 bits per heavy atom. The first kappa shape index (κ1) is 15.6. The summed E-state index contributed by atoms with van der Waals surface area (Å²) in [5.74, 6) is 2.63. The molecule has 1 saturated heterocycles. The van der Waals surface area contributed by atoms with Gasteiger partial charge in [-0.1, -0.05) is 5.16 Å². The Morgan fingerprint density at radius 2 is 2.26 bits per heavy atom. The molecule has 0 bridgehead atoms. The van der Waals surface area contributed by atoms with Gasteiger partial charge in [0.05, 0.1) is 13.2 Å². The average molecular weight is 320 g/mol. The number of rotatable bonds is 5. The van der Waals surface area contributed by atoms with Crippen LogP contribution in [0.15, 0.2) is 4.52 Å². The quantitative estimate of drug-likeness (QED) is 0.864. The maximum absolute atomic E-state index is 12.3. The number of hydrogen-bond donors (Lipinski definition) is 1. The fraction of sp³-hybridized carbons (Fsp3) is 0.643. The van der Waals surface area contributed by atoms with Crippen molar-refractivity contribution in [2.45, 2.75) is 39.2 Å². The standard InChI is InChI=1S/C14H20N6O3/c1-9-16-14(18-17-9)11-8-20(6-7-22-11)13(21)5-3-4-12-15-10(2)19-23-12/h11H,3-8H2,1-2H3,(H,16,17,18)/t11-/m1/s1. The third-order valence-electron chi connectivity index (χ3n) is 3.67. The Labute approximate surface area is 133 Å². The molecular weight excluding hydrogens is 300 g/mol. The number of hydrogen-bond acceptors (Lipinski definition) is 7. The van der Waals surface area contributed by atoms with Gasteiger partial charge in [0.2, 0.25) is 11.8 Å². The predicted octanol–water partition coefficient (Wildman–Crippen LogP) is 0.727. The molecule has 3 heterocycles. The van der Waals surface area contributed by atoms with Crippen molar-refractivity contribution in [3.05, 3.63) is 23.4 Å². The monoisotopic (exact) mass is 320 g/mol. The van der Waals surface area contributed by atoms with Crippen LogP contribution in [0.1, 0.15) is 42.3 Å². The number of aromatic amines is 1. The molecule has 0 saturated carbocycles. The van der Waals surface area contributed by atoms with E-state index in [0.29, 0.717) is 56.5 Å². The van der Waals surface area contributed by atoms with Crippen molar-refractivity contribution in [3.63, 3.8) is 0 Å². The molecule has 3 rings (SSSR count). The highest BCUT2D eigenvalue weighted by Gasteiger charge is 2.27. The third kappa shape index (κ3) is 3.92. The van der Waals surface area contributed by atoms with Gasteiger partial charge in [-0.05, 0) is 20.3 Å². The molecule has 0 aromatic carbocycles. The van der Waals surface area contributed by atoms with Crippen LogP contribution in [-0.2, 0) is 16.0 Å². The Bertz CT molecular complexity index is 667. The van der Waals surface area contributed by atoms with Crippen molar-refractivity contribution in [1.82, 2.24) is 30.2 Å². The van der Waals surface area contributed by atoms with Gasteiger partial charge in [0.1, 0.15) is 11.9 Å². The molecule has 2 aromatic rings. The van der Waals surface area contributed by atoms with E-state index < -0.39 is 0 Å². The smallest absolute Gasteiger partial charge is 0.226 e. The predicted molar refractivity (Wildman–Crippen MR) is 78.4 cm³/mol. The lowest BCUT2D eigenvalue weighted by Gasteiger charge is -2.31. The van der Waals surface area contributed by atoms with E-state index in [-0.39, 0.29) is 12.0 Å². The normalized spacial score (nSPS) is 18.3. The minimum Gasteiger partial charge on any atom is -0.366 e. The molecule has 1 amide bonds. The number of nitrogens with one attached hydrogen (secondary N) is 1. The van der Waals surface area contributed by atoms with Gasteiger partial charge < -0.3 is 14.2 Å². The minimum atomic E-state index is -0.267. The highest BCUT2D eigenvalue weighted by atomic mass is 16.5. The van der Waals surface area contributed by atoms with Gasteiger partial charge in [-0.15, -0.1) is 0 Å². The molecule has 124 valence electrons. The fourth-order valence-electron chi connectivity index (χ4n) is 2.53. The molecule has 9 heteroatoms. The van der Waals surface area contributed by atoms with Crippen LogP contribution in [0.3, 0.4) is 0 Å². The van der Waals surface area contributed by atoms with Gasteiger partial charge >= 0.3 is 0 Å². The van der Waals surface area contributed by atoms with Crippen LogP contribution < -0.4 is 0 Å². The van der Waals surface area contributed by atoms with E-state index in [4.69, 9.17) is 9.26 Å². The first-order valence-corrected chi connectivity index (χ1v) is 7.69. The largest absolute Gasteiger partial charge is 0.366 e. The zero-order valence-electron chi connectivity index (χ0n) is 13.3. The van der Waals surface area contributed by atoms with Gasteiger partial charge in [0.15, 0.2) is 11.6 Å². The molecule has 0 radical (unpaired) electrons. The molecule has 23 heavy (non-hydrogen) atoms. The SMILES string of the molecule is Cc1noc(CCCC(=O)N2CCO[C@@H](c3n[nH]c(C)n3)C2)n1. The summed E-state index contributed by atoms with van der Waals surface area (Å²) in [7, 11) is 0. The molecule has 1 atom stereocenters. The number of ether oxygens (including phenoxy) is 1. The maximum atomic E-state index is 12.3. The number of aromatic nitrogens is 5. The zero-order chi connectivity index (χ0) is 16.2. The van der Waals surface area contributed by atoms with Crippen molar-refractivity contribution >= 4 is 5.91 Å². The zero-order valence-corrected chi connectivity index (χ0v) is 13.3. The molecule has 9 nitrogen and oxygen atoms in total. The summed E-state index contributed by atoms with van der Waals surface area (Å²) >= 11 is 0. The van der Waals surface area contributed by atoms with Crippen molar-refractivity contribution in [1.29, 1.82) is 0 Å². The lowest BCUT2D eigenvalue weighted by Crippen LogP contribution is -2.42. The molecule has 1 fully saturated rings. The Hall–Kier alpha value is -2.29. The number of H-pyrrole nitrogens is 1. The van der Waals surface area contributed by atoms with E-state index in [0.717, 1.165) is 5.82 Å². The van der Waals surface area contributed by atoms with Crippen LogP contribution in [-0.4, -0.2) is 55.8 Å². The second-order valence-electron chi connectivity index (χ2n) is 5.57. The summed E-state index contributed by atoms with van der Waals surface area (Å²) in [6.07, 6.45) is 1.47. The van der Waals surface area contributed by atoms with Gasteiger partial charge in [0, 0.05) is 19.4 Å². The summed E-state index contributed by atoms with van der Waals surface area (Å²) in [5.41, 5.74) is 0. The van der Waals surface area contributed by atoms with Crippen molar-refractivity contribution in [3.8, 4) is 0 Å². The Balaban J connectivity index is 1.48. The molecule has 0 unspecified atom stereocenters. The fourth-order valence-corrected chi connectivity index (χ4v) is 2.53. The number of amides is 1. The van der Waals surface area contributed by atoms with Crippen molar-refractivity contribution < 1.29 is 14.1 Å². The molecule has 1 aliphatic heterocycles. The molecule has 1 aliphatic rings. The van der Waals surface area contributed by atoms with E-state index >= 15 is 0 Å². The maximum Gasteiger partial charge on any atom is 0.226 e. The Morgan fingerprint density at radius 1 is 1.39 bits per heavy atom. The highest BCUT2D eigenvalue weighted by molar-refractivity contribution is 5.76. The highest BCUT2D eigenvalue weighted by Crippen LogP contribution is 2.20. The molecular formula is C14H20N6O3. The van der Waals surface area contributed by atoms with Crippen LogP contribution in [0.2, 0.25) is 0 Å². The van der Waals surface area contributed by atoms with E-state index in [1.54, 1.807) is 11.8 Å². The summed E-state index contributed by atoms with van der Waals surface area (Å²) in [4.78, 5) is 22.5. The number of carbonyl (C=O) groups excluding carboxylic acids is 1. The first-order chi connectivity index (χ1) is 11.1. The average Bonchev–Trinajstić information content (AvgIpc) is 3.16. The molecule has 0 aliphatic carbocycles. The number of nitrogens with zero attached hydrogens (tertiary/aromatic N) is 5. The van der Waals surface area contributed by atoms with Crippen molar-refractivity contribution in [2.75, 3.05) is 19.7 Å². The summed E-state index contributed by atoms with van der Waals surface area (Å²) in [5, 5.41) is 10.6. The lowest BCUT2D eigenvalue weighted by molar-refractivity contribution is -0.139. The van der Waals surface area contributed by atoms with Crippen LogP contribution in [0.4, 0.5) is 0 Å². The van der Waals surface area contributed by atoms with E-state index in [9.17, 15) is 4.79 Å². The van der Waals surface area contributed by atoms with Gasteiger partial charge in [-0.3, -0.25) is 9.89 Å². The lowest BCUT2D eigenvalue weighted by atomic mass is 10.2. The summed E-state index contributed by atoms with van der Waals surface area (Å²) in [6.45, 7) is 5.18. The number of carbonyl (C=O) groups is 1. The van der Waals surface area contributed by atoms with E-state index in [1.165, 1.54) is 0 Å². The molecule has 1 N–H and O–H groups in total. The topological polar surface area (TPSA) is 110 Å². The van der Waals surface area contributed by atoms with Crippen LogP contribution in [0.25, 0.3) is 0 Å². The van der Waals surface area contributed by atoms with E-state index in [1.807, 2.05) is 6.92 Å². The second kappa shape index (κ2) is 6.86. The number of aryl methyl sites for hydroxylation is 3. The minimum absolute atomic E-state index is 0.0989. The van der Waals surface area contributed by atoms with E-state index in [2.05, 4.69) is 25.3 Å².